The molecule has 1 unspecified atom stereocenters. The van der Waals surface area contributed by atoms with Crippen LogP contribution in [0.25, 0.3) is 0 Å². The van der Waals surface area contributed by atoms with Crippen molar-refractivity contribution in [1.29, 1.82) is 0 Å². The molecule has 0 bridgehead atoms. The van der Waals surface area contributed by atoms with Gasteiger partial charge in [-0.2, -0.15) is 0 Å². The lowest BCUT2D eigenvalue weighted by atomic mass is 9.95. The predicted octanol–water partition coefficient (Wildman–Crippen LogP) is 3.21. The van der Waals surface area contributed by atoms with E-state index in [0.717, 1.165) is 38.9 Å². The van der Waals surface area contributed by atoms with Gasteiger partial charge < -0.3 is 15.0 Å². The van der Waals surface area contributed by atoms with Crippen molar-refractivity contribution in [2.75, 3.05) is 26.2 Å². The number of esters is 1. The number of ether oxygens (including phenoxy) is 1. The number of hydrogen-bond donors (Lipinski definition) is 1. The molecule has 126 valence electrons. The van der Waals surface area contributed by atoms with Crippen LogP contribution in [0.15, 0.2) is 0 Å². The summed E-state index contributed by atoms with van der Waals surface area (Å²) in [5.74, 6) is -0.120. The standard InChI is InChI=1S/C17H36N2O2/c1-7-12-18-17(6,16(20)21-9-3)11-10-14-19(13-8-2)15(4)5/h15,18H,7-14H2,1-6H3. The summed E-state index contributed by atoms with van der Waals surface area (Å²) in [6.07, 6.45) is 4.01. The molecule has 0 amide bonds. The Bertz CT molecular complexity index is 282. The molecule has 0 saturated carbocycles. The zero-order chi connectivity index (χ0) is 16.3. The maximum Gasteiger partial charge on any atom is 0.326 e. The number of carbonyl (C=O) groups excluding carboxylic acids is 1. The molecule has 0 aromatic carbocycles. The van der Waals surface area contributed by atoms with E-state index in [-0.39, 0.29) is 5.97 Å². The first-order valence-corrected chi connectivity index (χ1v) is 8.57. The first-order chi connectivity index (χ1) is 9.91. The van der Waals surface area contributed by atoms with E-state index in [1.165, 1.54) is 6.42 Å². The highest BCUT2D eigenvalue weighted by Gasteiger charge is 2.33. The molecule has 21 heavy (non-hydrogen) atoms. The highest BCUT2D eigenvalue weighted by molar-refractivity contribution is 5.80. The lowest BCUT2D eigenvalue weighted by Crippen LogP contribution is -2.51. The van der Waals surface area contributed by atoms with Gasteiger partial charge in [-0.15, -0.1) is 0 Å². The van der Waals surface area contributed by atoms with Crippen LogP contribution in [0.4, 0.5) is 0 Å². The number of nitrogens with one attached hydrogen (secondary N) is 1. The van der Waals surface area contributed by atoms with Gasteiger partial charge in [0.15, 0.2) is 0 Å². The van der Waals surface area contributed by atoms with Gasteiger partial charge in [-0.05, 0) is 73.0 Å². The minimum absolute atomic E-state index is 0.120. The van der Waals surface area contributed by atoms with Gasteiger partial charge in [-0.3, -0.25) is 4.79 Å². The second kappa shape index (κ2) is 11.0. The fourth-order valence-electron chi connectivity index (χ4n) is 2.51. The Morgan fingerprint density at radius 2 is 1.86 bits per heavy atom. The number of hydrogen-bond acceptors (Lipinski definition) is 4. The summed E-state index contributed by atoms with van der Waals surface area (Å²) in [5.41, 5.74) is -0.555. The molecule has 1 atom stereocenters. The minimum Gasteiger partial charge on any atom is -0.465 e. The van der Waals surface area contributed by atoms with Crippen molar-refractivity contribution in [1.82, 2.24) is 10.2 Å². The Kier molecular flexibility index (Phi) is 10.7. The summed E-state index contributed by atoms with van der Waals surface area (Å²) in [6.45, 7) is 16.1. The van der Waals surface area contributed by atoms with Crippen LogP contribution < -0.4 is 5.32 Å². The maximum absolute atomic E-state index is 12.2. The van der Waals surface area contributed by atoms with E-state index in [1.807, 2.05) is 13.8 Å². The fourth-order valence-corrected chi connectivity index (χ4v) is 2.51. The van der Waals surface area contributed by atoms with Crippen molar-refractivity contribution >= 4 is 5.97 Å². The molecule has 0 saturated heterocycles. The molecule has 0 aliphatic rings. The van der Waals surface area contributed by atoms with Crippen LogP contribution in [-0.2, 0) is 9.53 Å². The monoisotopic (exact) mass is 300 g/mol. The number of carbonyl (C=O) groups is 1. The SMILES string of the molecule is CCCNC(C)(CCCN(CCC)C(C)C)C(=O)OCC. The minimum atomic E-state index is -0.555. The third-order valence-electron chi connectivity index (χ3n) is 3.85. The van der Waals surface area contributed by atoms with Gasteiger partial charge in [-0.25, -0.2) is 0 Å². The molecule has 0 spiro atoms. The normalized spacial score (nSPS) is 14.5. The molecule has 0 fully saturated rings. The van der Waals surface area contributed by atoms with Crippen LogP contribution in [0, 0.1) is 0 Å². The highest BCUT2D eigenvalue weighted by Crippen LogP contribution is 2.16. The molecule has 1 N–H and O–H groups in total. The van der Waals surface area contributed by atoms with E-state index in [2.05, 4.69) is 37.9 Å². The quantitative estimate of drug-likeness (QED) is 0.562. The van der Waals surface area contributed by atoms with Gasteiger partial charge in [0.25, 0.3) is 0 Å². The molecular weight excluding hydrogens is 264 g/mol. The molecule has 0 aromatic rings. The smallest absolute Gasteiger partial charge is 0.326 e. The molecule has 0 radical (unpaired) electrons. The van der Waals surface area contributed by atoms with Gasteiger partial charge in [-0.1, -0.05) is 13.8 Å². The second-order valence-corrected chi connectivity index (χ2v) is 6.21. The van der Waals surface area contributed by atoms with E-state index < -0.39 is 5.54 Å². The predicted molar refractivity (Wildman–Crippen MR) is 89.6 cm³/mol. The van der Waals surface area contributed by atoms with E-state index >= 15 is 0 Å². The van der Waals surface area contributed by atoms with Crippen molar-refractivity contribution < 1.29 is 9.53 Å². The van der Waals surface area contributed by atoms with Crippen LogP contribution in [0.5, 0.6) is 0 Å². The topological polar surface area (TPSA) is 41.6 Å². The molecular formula is C17H36N2O2. The van der Waals surface area contributed by atoms with Gasteiger partial charge in [0.2, 0.25) is 0 Å². The van der Waals surface area contributed by atoms with Crippen LogP contribution in [-0.4, -0.2) is 48.7 Å². The molecule has 0 heterocycles. The summed E-state index contributed by atoms with van der Waals surface area (Å²) in [7, 11) is 0. The van der Waals surface area contributed by atoms with Crippen molar-refractivity contribution in [2.45, 2.75) is 78.8 Å². The highest BCUT2D eigenvalue weighted by atomic mass is 16.5. The zero-order valence-corrected chi connectivity index (χ0v) is 15.0. The second-order valence-electron chi connectivity index (χ2n) is 6.21. The van der Waals surface area contributed by atoms with Crippen molar-refractivity contribution in [2.24, 2.45) is 0 Å². The summed E-state index contributed by atoms with van der Waals surface area (Å²) < 4.78 is 5.24. The molecule has 4 nitrogen and oxygen atoms in total. The fraction of sp³-hybridized carbons (Fsp3) is 0.941. The lowest BCUT2D eigenvalue weighted by Gasteiger charge is -2.31. The number of rotatable bonds is 12. The lowest BCUT2D eigenvalue weighted by molar-refractivity contribution is -0.150. The Labute approximate surface area is 131 Å². The average Bonchev–Trinajstić information content (AvgIpc) is 2.44. The number of nitrogens with zero attached hydrogens (tertiary/aromatic N) is 1. The summed E-state index contributed by atoms with van der Waals surface area (Å²) in [4.78, 5) is 14.7. The zero-order valence-electron chi connectivity index (χ0n) is 15.0. The maximum atomic E-state index is 12.2. The summed E-state index contributed by atoms with van der Waals surface area (Å²) in [5, 5.41) is 3.37. The molecule has 4 heteroatoms. The largest absolute Gasteiger partial charge is 0.465 e. The van der Waals surface area contributed by atoms with Gasteiger partial charge in [0.05, 0.1) is 6.61 Å². The Balaban J connectivity index is 4.49. The first-order valence-electron chi connectivity index (χ1n) is 8.57. The molecule has 0 aliphatic carbocycles. The Morgan fingerprint density at radius 1 is 1.19 bits per heavy atom. The summed E-state index contributed by atoms with van der Waals surface area (Å²) >= 11 is 0. The van der Waals surface area contributed by atoms with Gasteiger partial charge >= 0.3 is 5.97 Å². The van der Waals surface area contributed by atoms with Crippen molar-refractivity contribution in [3.8, 4) is 0 Å². The van der Waals surface area contributed by atoms with Gasteiger partial charge in [0, 0.05) is 6.04 Å². The van der Waals surface area contributed by atoms with Crippen LogP contribution >= 0.6 is 0 Å². The van der Waals surface area contributed by atoms with E-state index in [0.29, 0.717) is 12.6 Å². The average molecular weight is 300 g/mol. The Morgan fingerprint density at radius 3 is 2.33 bits per heavy atom. The van der Waals surface area contributed by atoms with E-state index in [1.54, 1.807) is 0 Å². The van der Waals surface area contributed by atoms with Crippen molar-refractivity contribution in [3.63, 3.8) is 0 Å². The van der Waals surface area contributed by atoms with Gasteiger partial charge in [0.1, 0.15) is 5.54 Å². The third kappa shape index (κ3) is 7.82. The third-order valence-corrected chi connectivity index (χ3v) is 3.85. The van der Waals surface area contributed by atoms with Crippen LogP contribution in [0.1, 0.15) is 67.2 Å². The van der Waals surface area contributed by atoms with E-state index in [9.17, 15) is 4.79 Å². The van der Waals surface area contributed by atoms with Crippen LogP contribution in [0.2, 0.25) is 0 Å². The summed E-state index contributed by atoms with van der Waals surface area (Å²) in [6, 6.07) is 0.558. The molecule has 0 rings (SSSR count). The molecule has 0 aromatic heterocycles. The molecule has 0 aliphatic heterocycles. The Hall–Kier alpha value is -0.610. The first kappa shape index (κ1) is 20.4. The van der Waals surface area contributed by atoms with Crippen LogP contribution in [0.3, 0.4) is 0 Å². The van der Waals surface area contributed by atoms with Crippen molar-refractivity contribution in [3.05, 3.63) is 0 Å². The van der Waals surface area contributed by atoms with E-state index in [4.69, 9.17) is 4.74 Å².